The van der Waals surface area contributed by atoms with Crippen molar-refractivity contribution in [2.45, 2.75) is 25.7 Å². The highest BCUT2D eigenvalue weighted by atomic mass is 35.5. The first kappa shape index (κ1) is 27.8. The second-order valence-electron chi connectivity index (χ2n) is 7.32. The number of carbonyl (C=O) groups excluding carboxylic acids is 1. The van der Waals surface area contributed by atoms with Crippen LogP contribution in [0, 0.1) is 6.92 Å². The van der Waals surface area contributed by atoms with Crippen LogP contribution in [0.3, 0.4) is 0 Å². The van der Waals surface area contributed by atoms with Crippen LogP contribution in [0.5, 0.6) is 0 Å². The second-order valence-corrected chi connectivity index (χ2v) is 11.1. The summed E-state index contributed by atoms with van der Waals surface area (Å²) < 4.78 is 26.5. The van der Waals surface area contributed by atoms with E-state index in [-0.39, 0.29) is 17.3 Å². The summed E-state index contributed by atoms with van der Waals surface area (Å²) in [4.78, 5) is 21.6. The lowest BCUT2D eigenvalue weighted by atomic mass is 10.2. The van der Waals surface area contributed by atoms with Crippen LogP contribution in [0.25, 0.3) is 10.2 Å². The van der Waals surface area contributed by atoms with Crippen molar-refractivity contribution >= 4 is 78.0 Å². The maximum Gasteiger partial charge on any atom is 0.244 e. The van der Waals surface area contributed by atoms with E-state index in [1.807, 2.05) is 26.8 Å². The first-order chi connectivity index (χ1) is 15.2. The molecule has 0 aliphatic heterocycles. The minimum atomic E-state index is -3.84. The van der Waals surface area contributed by atoms with E-state index in [0.29, 0.717) is 28.3 Å². The van der Waals surface area contributed by atoms with Crippen molar-refractivity contribution in [3.63, 3.8) is 0 Å². The predicted molar refractivity (Wildman–Crippen MR) is 140 cm³/mol. The number of hydrogen-bond acceptors (Lipinski definition) is 6. The molecule has 2 aromatic carbocycles. The molecule has 0 atom stereocenters. The van der Waals surface area contributed by atoms with Gasteiger partial charge in [0.1, 0.15) is 5.75 Å². The molecule has 0 spiro atoms. The van der Waals surface area contributed by atoms with E-state index < -0.39 is 21.5 Å². The van der Waals surface area contributed by atoms with Gasteiger partial charge < -0.3 is 4.90 Å². The van der Waals surface area contributed by atoms with Gasteiger partial charge in [0.05, 0.1) is 20.1 Å². The minimum absolute atomic E-state index is 0. The summed E-state index contributed by atoms with van der Waals surface area (Å²) >= 11 is 13.5. The summed E-state index contributed by atoms with van der Waals surface area (Å²) in [5.74, 6) is -1.19. The second kappa shape index (κ2) is 11.8. The summed E-state index contributed by atoms with van der Waals surface area (Å²) in [5, 5.41) is 1.43. The van der Waals surface area contributed by atoms with Gasteiger partial charge in [0.25, 0.3) is 0 Å². The molecule has 6 nitrogen and oxygen atoms in total. The summed E-state index contributed by atoms with van der Waals surface area (Å²) in [5.41, 5.74) is 1.66. The molecular weight excluding hydrogens is 525 g/mol. The van der Waals surface area contributed by atoms with E-state index in [4.69, 9.17) is 23.2 Å². The number of anilines is 1. The van der Waals surface area contributed by atoms with Crippen molar-refractivity contribution in [3.8, 4) is 0 Å². The van der Waals surface area contributed by atoms with Crippen molar-refractivity contribution in [1.82, 2.24) is 9.88 Å². The molecule has 0 aliphatic carbocycles. The normalized spacial score (nSPS) is 11.6. The fraction of sp³-hybridized carbons (Fsp3) is 0.364. The zero-order valence-electron chi connectivity index (χ0n) is 18.5. The van der Waals surface area contributed by atoms with Crippen molar-refractivity contribution in [2.24, 2.45) is 0 Å². The molecule has 3 aromatic rings. The number of nitrogens with zero attached hydrogens (tertiary/aromatic N) is 3. The highest BCUT2D eigenvalue weighted by Gasteiger charge is 2.27. The number of benzene rings is 2. The van der Waals surface area contributed by atoms with Gasteiger partial charge in [0.15, 0.2) is 15.0 Å². The first-order valence-electron chi connectivity index (χ1n) is 10.2. The lowest BCUT2D eigenvalue weighted by Crippen LogP contribution is -2.41. The van der Waals surface area contributed by atoms with E-state index in [2.05, 4.69) is 9.88 Å². The van der Waals surface area contributed by atoms with E-state index >= 15 is 0 Å². The van der Waals surface area contributed by atoms with Crippen LogP contribution in [0.2, 0.25) is 10.0 Å². The number of amides is 1. The van der Waals surface area contributed by atoms with Gasteiger partial charge >= 0.3 is 0 Å². The minimum Gasteiger partial charge on any atom is -0.302 e. The average molecular weight is 551 g/mol. The fourth-order valence-corrected chi connectivity index (χ4v) is 5.96. The highest BCUT2D eigenvalue weighted by Crippen LogP contribution is 2.35. The number of hydrogen-bond donors (Lipinski definition) is 0. The van der Waals surface area contributed by atoms with Crippen molar-refractivity contribution in [3.05, 3.63) is 52.0 Å². The van der Waals surface area contributed by atoms with Crippen LogP contribution in [0.1, 0.15) is 19.4 Å². The number of aryl methyl sites for hydroxylation is 1. The number of carbonyl (C=O) groups is 1. The molecule has 180 valence electrons. The van der Waals surface area contributed by atoms with Gasteiger partial charge in [-0.15, -0.1) is 12.4 Å². The zero-order valence-corrected chi connectivity index (χ0v) is 22.5. The summed E-state index contributed by atoms with van der Waals surface area (Å²) in [7, 11) is -3.84. The van der Waals surface area contributed by atoms with E-state index in [0.717, 1.165) is 28.9 Å². The number of likely N-dealkylation sites (N-methyl/N-ethyl adjacent to an activating group) is 1. The molecule has 0 bridgehead atoms. The molecule has 1 amide bonds. The van der Waals surface area contributed by atoms with Gasteiger partial charge in [0.2, 0.25) is 5.91 Å². The lowest BCUT2D eigenvalue weighted by molar-refractivity contribution is -0.116. The molecule has 1 aromatic heterocycles. The molecule has 0 fully saturated rings. The third-order valence-corrected chi connectivity index (χ3v) is 8.65. The Kier molecular flexibility index (Phi) is 9.96. The van der Waals surface area contributed by atoms with Gasteiger partial charge in [-0.3, -0.25) is 9.69 Å². The number of sulfone groups is 1. The largest absolute Gasteiger partial charge is 0.302 e. The molecule has 3 rings (SSSR count). The third kappa shape index (κ3) is 6.59. The average Bonchev–Trinajstić information content (AvgIpc) is 3.20. The van der Waals surface area contributed by atoms with Crippen LogP contribution in [0.15, 0.2) is 41.3 Å². The molecule has 0 unspecified atom stereocenters. The van der Waals surface area contributed by atoms with Gasteiger partial charge in [-0.2, -0.15) is 0 Å². The van der Waals surface area contributed by atoms with Crippen LogP contribution in [0.4, 0.5) is 5.13 Å². The number of halogens is 3. The van der Waals surface area contributed by atoms with Gasteiger partial charge in [-0.05, 0) is 55.9 Å². The van der Waals surface area contributed by atoms with Gasteiger partial charge in [-0.25, -0.2) is 13.4 Å². The Morgan fingerprint density at radius 1 is 1.03 bits per heavy atom. The predicted octanol–water partition coefficient (Wildman–Crippen LogP) is 5.48. The molecule has 33 heavy (non-hydrogen) atoms. The van der Waals surface area contributed by atoms with Crippen LogP contribution in [-0.2, 0) is 14.6 Å². The monoisotopic (exact) mass is 549 g/mol. The molecule has 0 saturated heterocycles. The molecule has 0 radical (unpaired) electrons. The smallest absolute Gasteiger partial charge is 0.244 e. The summed E-state index contributed by atoms with van der Waals surface area (Å²) in [6.07, 6.45) is 0. The third-order valence-electron chi connectivity index (χ3n) is 5.24. The molecular formula is C22H26Cl3N3O3S2. The first-order valence-corrected chi connectivity index (χ1v) is 13.5. The SMILES string of the molecule is CCN(CC)CCN(C(=O)CS(=O)(=O)c1ccc(Cl)cc1)c1nc2c(C)ccc(Cl)c2s1.Cl. The zero-order chi connectivity index (χ0) is 23.5. The van der Waals surface area contributed by atoms with Crippen LogP contribution >= 0.6 is 46.9 Å². The summed E-state index contributed by atoms with van der Waals surface area (Å²) in [6, 6.07) is 9.48. The Bertz CT molecular complexity index is 1170. The molecule has 0 saturated carbocycles. The molecule has 0 aliphatic rings. The topological polar surface area (TPSA) is 70.6 Å². The molecule has 1 heterocycles. The van der Waals surface area contributed by atoms with Crippen molar-refractivity contribution in [1.29, 1.82) is 0 Å². The van der Waals surface area contributed by atoms with E-state index in [9.17, 15) is 13.2 Å². The van der Waals surface area contributed by atoms with Crippen LogP contribution in [-0.4, -0.2) is 56.1 Å². The van der Waals surface area contributed by atoms with Gasteiger partial charge in [-0.1, -0.05) is 54.5 Å². The summed E-state index contributed by atoms with van der Waals surface area (Å²) in [6.45, 7) is 8.59. The Labute approximate surface area is 214 Å². The van der Waals surface area contributed by atoms with Crippen molar-refractivity contribution in [2.75, 3.05) is 36.8 Å². The Hall–Kier alpha value is -1.42. The molecule has 0 N–H and O–H groups in total. The Morgan fingerprint density at radius 3 is 2.24 bits per heavy atom. The van der Waals surface area contributed by atoms with Gasteiger partial charge in [0, 0.05) is 18.1 Å². The van der Waals surface area contributed by atoms with E-state index in [1.54, 1.807) is 6.07 Å². The maximum absolute atomic E-state index is 13.3. The standard InChI is InChI=1S/C22H25Cl2N3O3S2.ClH/c1-4-26(5-2)12-13-27(22-25-20-15(3)6-11-18(24)21(20)31-22)19(28)14-32(29,30)17-9-7-16(23)8-10-17;/h6-11H,4-5,12-14H2,1-3H3;1H. The number of thiazole rings is 1. The fourth-order valence-electron chi connectivity index (χ4n) is 3.28. The molecule has 11 heteroatoms. The number of rotatable bonds is 9. The highest BCUT2D eigenvalue weighted by molar-refractivity contribution is 7.92. The number of fused-ring (bicyclic) bond motifs is 1. The quantitative estimate of drug-likeness (QED) is 0.353. The van der Waals surface area contributed by atoms with Crippen LogP contribution < -0.4 is 4.90 Å². The number of aromatic nitrogens is 1. The van der Waals surface area contributed by atoms with Crippen molar-refractivity contribution < 1.29 is 13.2 Å². The maximum atomic E-state index is 13.3. The Morgan fingerprint density at radius 2 is 1.67 bits per heavy atom. The lowest BCUT2D eigenvalue weighted by Gasteiger charge is -2.24. The Balaban J connectivity index is 0.00000385. The van der Waals surface area contributed by atoms with E-state index in [1.165, 1.54) is 40.5 Å².